The Balaban J connectivity index is 0. The zero-order valence-electron chi connectivity index (χ0n) is 5.86. The van der Waals surface area contributed by atoms with Gasteiger partial charge in [0.1, 0.15) is 0 Å². The van der Waals surface area contributed by atoms with Crippen LogP contribution in [0.25, 0.3) is 0 Å². The van der Waals surface area contributed by atoms with E-state index >= 15 is 0 Å². The minimum Gasteiger partial charge on any atom is -0.473 e. The van der Waals surface area contributed by atoms with E-state index in [0.717, 1.165) is 6.42 Å². The van der Waals surface area contributed by atoms with Gasteiger partial charge in [-0.2, -0.15) is 0 Å². The highest BCUT2D eigenvalue weighted by atomic mass is 16.4. The number of carboxylic acids is 2. The maximum absolute atomic E-state index is 9.10. The van der Waals surface area contributed by atoms with Crippen LogP contribution < -0.4 is 5.73 Å². The number of aliphatic hydroxyl groups excluding tert-OH is 1. The van der Waals surface area contributed by atoms with Crippen LogP contribution in [0, 0.1) is 0 Å². The lowest BCUT2D eigenvalue weighted by Crippen LogP contribution is -2.09. The highest BCUT2D eigenvalue weighted by molar-refractivity contribution is 6.27. The molecule has 0 aliphatic heterocycles. The first kappa shape index (κ1) is 12.5. The number of carbonyl (C=O) groups is 2. The minimum absolute atomic E-state index is 0.219. The molecule has 0 saturated carbocycles. The molecule has 0 aliphatic carbocycles. The van der Waals surface area contributed by atoms with Gasteiger partial charge < -0.3 is 21.1 Å². The molecule has 0 aromatic heterocycles. The highest BCUT2D eigenvalue weighted by Crippen LogP contribution is 1.62. The third kappa shape index (κ3) is 17.7. The summed E-state index contributed by atoms with van der Waals surface area (Å²) >= 11 is 0. The third-order valence-electron chi connectivity index (χ3n) is 0.545. The van der Waals surface area contributed by atoms with Crippen LogP contribution in [0.4, 0.5) is 0 Å². The Morgan fingerprint density at radius 3 is 1.55 bits per heavy atom. The average Bonchev–Trinajstić information content (AvgIpc) is 1.90. The summed E-state index contributed by atoms with van der Waals surface area (Å²) in [7, 11) is 0. The third-order valence-corrected chi connectivity index (χ3v) is 0.545. The van der Waals surface area contributed by atoms with Gasteiger partial charge >= 0.3 is 11.9 Å². The van der Waals surface area contributed by atoms with Gasteiger partial charge in [0.25, 0.3) is 0 Å². The summed E-state index contributed by atoms with van der Waals surface area (Å²) in [6.07, 6.45) is 0.722. The number of hydrogen-bond donors (Lipinski definition) is 4. The molecular formula is C5H11NO5. The number of aliphatic carboxylic acids is 2. The van der Waals surface area contributed by atoms with E-state index < -0.39 is 11.9 Å². The molecule has 0 aromatic rings. The lowest BCUT2D eigenvalue weighted by molar-refractivity contribution is -0.159. The molecular weight excluding hydrogens is 154 g/mol. The first-order valence-corrected chi connectivity index (χ1v) is 2.83. The van der Waals surface area contributed by atoms with Gasteiger partial charge in [-0.15, -0.1) is 0 Å². The number of hydrogen-bond acceptors (Lipinski definition) is 4. The van der Waals surface area contributed by atoms with Crippen LogP contribution in [-0.2, 0) is 9.59 Å². The van der Waals surface area contributed by atoms with Crippen molar-refractivity contribution in [3.63, 3.8) is 0 Å². The SMILES string of the molecule is NCCCO.O=C(O)C(=O)O. The molecule has 0 radical (unpaired) electrons. The molecule has 0 fully saturated rings. The van der Waals surface area contributed by atoms with Crippen molar-refractivity contribution in [3.8, 4) is 0 Å². The van der Waals surface area contributed by atoms with Crippen molar-refractivity contribution in [1.82, 2.24) is 0 Å². The quantitative estimate of drug-likeness (QED) is 0.369. The molecule has 0 aromatic carbocycles. The summed E-state index contributed by atoms with van der Waals surface area (Å²) in [4.78, 5) is 18.2. The van der Waals surface area contributed by atoms with E-state index in [1.54, 1.807) is 0 Å². The fourth-order valence-electron chi connectivity index (χ4n) is 0.0913. The van der Waals surface area contributed by atoms with Gasteiger partial charge in [-0.05, 0) is 13.0 Å². The molecule has 6 nitrogen and oxygen atoms in total. The van der Waals surface area contributed by atoms with Crippen LogP contribution in [-0.4, -0.2) is 40.4 Å². The topological polar surface area (TPSA) is 121 Å². The van der Waals surface area contributed by atoms with E-state index in [2.05, 4.69) is 0 Å². The molecule has 0 spiro atoms. The van der Waals surface area contributed by atoms with Crippen LogP contribution in [0.2, 0.25) is 0 Å². The van der Waals surface area contributed by atoms with Crippen molar-refractivity contribution in [2.24, 2.45) is 5.73 Å². The van der Waals surface area contributed by atoms with Crippen LogP contribution in [0.5, 0.6) is 0 Å². The second kappa shape index (κ2) is 8.86. The molecule has 5 N–H and O–H groups in total. The van der Waals surface area contributed by atoms with Crippen molar-refractivity contribution < 1.29 is 24.9 Å². The van der Waals surface area contributed by atoms with Gasteiger partial charge in [-0.3, -0.25) is 0 Å². The predicted octanol–water partition coefficient (Wildman–Crippen LogP) is -1.52. The van der Waals surface area contributed by atoms with Gasteiger partial charge in [-0.1, -0.05) is 0 Å². The smallest absolute Gasteiger partial charge is 0.414 e. The lowest BCUT2D eigenvalue weighted by atomic mass is 10.5. The molecule has 6 heteroatoms. The maximum Gasteiger partial charge on any atom is 0.414 e. The van der Waals surface area contributed by atoms with E-state index in [9.17, 15) is 0 Å². The normalized spacial score (nSPS) is 7.82. The number of rotatable bonds is 2. The van der Waals surface area contributed by atoms with Gasteiger partial charge in [-0.25, -0.2) is 9.59 Å². The summed E-state index contributed by atoms with van der Waals surface area (Å²) in [5, 5.41) is 22.8. The second-order valence-corrected chi connectivity index (χ2v) is 1.48. The van der Waals surface area contributed by atoms with E-state index in [4.69, 9.17) is 30.6 Å². The second-order valence-electron chi connectivity index (χ2n) is 1.48. The maximum atomic E-state index is 9.10. The van der Waals surface area contributed by atoms with Crippen LogP contribution in [0.1, 0.15) is 6.42 Å². The van der Waals surface area contributed by atoms with E-state index in [-0.39, 0.29) is 6.61 Å². The van der Waals surface area contributed by atoms with Crippen LogP contribution in [0.3, 0.4) is 0 Å². The molecule has 11 heavy (non-hydrogen) atoms. The van der Waals surface area contributed by atoms with Gasteiger partial charge in [0.2, 0.25) is 0 Å². The standard InChI is InChI=1S/C3H9NO.C2H2O4/c4-2-1-3-5;3-1(4)2(5)6/h5H,1-4H2;(H,3,4)(H,5,6). The molecule has 0 aliphatic rings. The Bertz CT molecular complexity index is 110. The Hall–Kier alpha value is -1.14. The van der Waals surface area contributed by atoms with Crippen molar-refractivity contribution in [2.75, 3.05) is 13.2 Å². The first-order chi connectivity index (χ1) is 5.06. The van der Waals surface area contributed by atoms with Gasteiger partial charge in [0.15, 0.2) is 0 Å². The van der Waals surface area contributed by atoms with Crippen molar-refractivity contribution in [1.29, 1.82) is 0 Å². The Morgan fingerprint density at radius 2 is 1.55 bits per heavy atom. The molecule has 0 saturated heterocycles. The van der Waals surface area contributed by atoms with Crippen LogP contribution >= 0.6 is 0 Å². The monoisotopic (exact) mass is 165 g/mol. The summed E-state index contributed by atoms with van der Waals surface area (Å²) in [6.45, 7) is 0.812. The predicted molar refractivity (Wildman–Crippen MR) is 36.0 cm³/mol. The van der Waals surface area contributed by atoms with Gasteiger partial charge in [0, 0.05) is 6.61 Å². The molecule has 0 heterocycles. The summed E-state index contributed by atoms with van der Waals surface area (Å²) < 4.78 is 0. The van der Waals surface area contributed by atoms with Crippen LogP contribution in [0.15, 0.2) is 0 Å². The van der Waals surface area contributed by atoms with Gasteiger partial charge in [0.05, 0.1) is 0 Å². The van der Waals surface area contributed by atoms with Crippen molar-refractivity contribution >= 4 is 11.9 Å². The molecule has 0 rings (SSSR count). The highest BCUT2D eigenvalue weighted by Gasteiger charge is 2.04. The minimum atomic E-state index is -1.82. The Labute approximate surface area is 63.3 Å². The molecule has 0 amide bonds. The zero-order valence-corrected chi connectivity index (χ0v) is 5.86. The molecule has 66 valence electrons. The van der Waals surface area contributed by atoms with Crippen molar-refractivity contribution in [3.05, 3.63) is 0 Å². The molecule has 0 unspecified atom stereocenters. The number of carboxylic acid groups (broad SMARTS) is 2. The largest absolute Gasteiger partial charge is 0.473 e. The molecule has 0 bridgehead atoms. The lowest BCUT2D eigenvalue weighted by Gasteiger charge is -1.80. The summed E-state index contributed by atoms with van der Waals surface area (Å²) in [6, 6.07) is 0. The average molecular weight is 165 g/mol. The van der Waals surface area contributed by atoms with Crippen molar-refractivity contribution in [2.45, 2.75) is 6.42 Å². The zero-order chi connectivity index (χ0) is 9.28. The first-order valence-electron chi connectivity index (χ1n) is 2.83. The fraction of sp³-hybridized carbons (Fsp3) is 0.600. The fourth-order valence-corrected chi connectivity index (χ4v) is 0.0913. The number of aliphatic hydroxyl groups is 1. The molecule has 0 atom stereocenters. The van der Waals surface area contributed by atoms with E-state index in [1.165, 1.54) is 0 Å². The summed E-state index contributed by atoms with van der Waals surface area (Å²) in [5.74, 6) is -3.65. The van der Waals surface area contributed by atoms with E-state index in [0.29, 0.717) is 6.54 Å². The Morgan fingerprint density at radius 1 is 1.18 bits per heavy atom. The summed E-state index contributed by atoms with van der Waals surface area (Å²) in [5.41, 5.74) is 4.98. The Kier molecular flexibility index (Phi) is 10.1. The van der Waals surface area contributed by atoms with E-state index in [1.807, 2.05) is 0 Å². The number of nitrogens with two attached hydrogens (primary N) is 1.